The van der Waals surface area contributed by atoms with Crippen LogP contribution < -0.4 is 4.90 Å². The summed E-state index contributed by atoms with van der Waals surface area (Å²) >= 11 is 0. The summed E-state index contributed by atoms with van der Waals surface area (Å²) in [6, 6.07) is 4.56. The molecule has 0 amide bonds. The van der Waals surface area contributed by atoms with Crippen LogP contribution in [0, 0.1) is 20.8 Å². The number of nitrogens with zero attached hydrogens (tertiary/aromatic N) is 1. The lowest BCUT2D eigenvalue weighted by Gasteiger charge is -2.35. The second kappa shape index (κ2) is 3.06. The number of hydrogen-bond donors (Lipinski definition) is 0. The summed E-state index contributed by atoms with van der Waals surface area (Å²) in [6.07, 6.45) is 1.35. The van der Waals surface area contributed by atoms with E-state index in [1.54, 1.807) is 0 Å². The second-order valence-electron chi connectivity index (χ2n) is 4.09. The van der Waals surface area contributed by atoms with Crippen LogP contribution in [0.1, 0.15) is 23.1 Å². The van der Waals surface area contributed by atoms with Crippen LogP contribution in [0.3, 0.4) is 0 Å². The Morgan fingerprint density at radius 3 is 1.92 bits per heavy atom. The van der Waals surface area contributed by atoms with E-state index in [9.17, 15) is 0 Å². The summed E-state index contributed by atoms with van der Waals surface area (Å²) in [7, 11) is 0. The van der Waals surface area contributed by atoms with Crippen molar-refractivity contribution in [1.29, 1.82) is 0 Å². The van der Waals surface area contributed by atoms with Gasteiger partial charge in [0.05, 0.1) is 0 Å². The molecule has 13 heavy (non-hydrogen) atoms. The number of anilines is 1. The van der Waals surface area contributed by atoms with E-state index in [0.29, 0.717) is 0 Å². The van der Waals surface area contributed by atoms with E-state index in [0.717, 1.165) is 0 Å². The third-order valence-corrected chi connectivity index (χ3v) is 2.81. The lowest BCUT2D eigenvalue weighted by molar-refractivity contribution is 0.614. The van der Waals surface area contributed by atoms with Gasteiger partial charge in [0.15, 0.2) is 0 Å². The molecule has 0 aromatic heterocycles. The van der Waals surface area contributed by atoms with Crippen molar-refractivity contribution < 1.29 is 0 Å². The first-order valence-electron chi connectivity index (χ1n) is 5.01. The molecule has 0 unspecified atom stereocenters. The molecule has 0 aliphatic carbocycles. The summed E-state index contributed by atoms with van der Waals surface area (Å²) in [5, 5.41) is 0. The third kappa shape index (κ3) is 1.43. The van der Waals surface area contributed by atoms with Crippen molar-refractivity contribution >= 4 is 5.69 Å². The fourth-order valence-electron chi connectivity index (χ4n) is 2.21. The Hall–Kier alpha value is -0.980. The van der Waals surface area contributed by atoms with E-state index in [4.69, 9.17) is 0 Å². The molecule has 1 saturated heterocycles. The summed E-state index contributed by atoms with van der Waals surface area (Å²) in [6.45, 7) is 9.08. The molecule has 0 radical (unpaired) electrons. The molecule has 0 N–H and O–H groups in total. The van der Waals surface area contributed by atoms with E-state index >= 15 is 0 Å². The maximum Gasteiger partial charge on any atom is 0.0425 e. The van der Waals surface area contributed by atoms with Crippen molar-refractivity contribution in [3.8, 4) is 0 Å². The fraction of sp³-hybridized carbons (Fsp3) is 0.500. The van der Waals surface area contributed by atoms with Gasteiger partial charge in [0.25, 0.3) is 0 Å². The van der Waals surface area contributed by atoms with Crippen molar-refractivity contribution in [1.82, 2.24) is 0 Å². The van der Waals surface area contributed by atoms with Crippen molar-refractivity contribution in [3.63, 3.8) is 0 Å². The van der Waals surface area contributed by atoms with E-state index in [1.807, 2.05) is 0 Å². The molecule has 0 spiro atoms. The molecule has 1 heterocycles. The van der Waals surface area contributed by atoms with Crippen LogP contribution in [0.4, 0.5) is 5.69 Å². The Bertz CT molecular complexity index is 301. The molecule has 1 heteroatoms. The van der Waals surface area contributed by atoms with Crippen LogP contribution in [-0.4, -0.2) is 13.1 Å². The SMILES string of the molecule is Cc1cc(C)c(N2CCC2)c(C)c1. The minimum atomic E-state index is 1.24. The second-order valence-corrected chi connectivity index (χ2v) is 4.09. The van der Waals surface area contributed by atoms with Gasteiger partial charge in [-0.3, -0.25) is 0 Å². The first-order chi connectivity index (χ1) is 6.18. The molecule has 0 bridgehead atoms. The maximum atomic E-state index is 2.48. The normalized spacial score (nSPS) is 15.8. The van der Waals surface area contributed by atoms with Crippen molar-refractivity contribution in [2.45, 2.75) is 27.2 Å². The van der Waals surface area contributed by atoms with Crippen LogP contribution in [0.5, 0.6) is 0 Å². The van der Waals surface area contributed by atoms with Crippen LogP contribution in [0.15, 0.2) is 12.1 Å². The highest BCUT2D eigenvalue weighted by Gasteiger charge is 2.17. The average molecular weight is 175 g/mol. The Labute approximate surface area is 80.4 Å². The Kier molecular flexibility index (Phi) is 2.03. The molecule has 1 aromatic carbocycles. The van der Waals surface area contributed by atoms with Crippen LogP contribution >= 0.6 is 0 Å². The van der Waals surface area contributed by atoms with Gasteiger partial charge in [-0.1, -0.05) is 17.7 Å². The van der Waals surface area contributed by atoms with E-state index in [-0.39, 0.29) is 0 Å². The van der Waals surface area contributed by atoms with Gasteiger partial charge >= 0.3 is 0 Å². The number of hydrogen-bond acceptors (Lipinski definition) is 1. The topological polar surface area (TPSA) is 3.24 Å². The van der Waals surface area contributed by atoms with E-state index < -0.39 is 0 Å². The van der Waals surface area contributed by atoms with Gasteiger partial charge in [0.1, 0.15) is 0 Å². The lowest BCUT2D eigenvalue weighted by atomic mass is 10.0. The molecule has 0 saturated carbocycles. The zero-order valence-corrected chi connectivity index (χ0v) is 8.72. The van der Waals surface area contributed by atoms with Gasteiger partial charge in [-0.05, 0) is 38.3 Å². The fourth-order valence-corrected chi connectivity index (χ4v) is 2.21. The standard InChI is InChI=1S/C12H17N/c1-9-7-10(2)12(11(3)8-9)13-5-4-6-13/h7-8H,4-6H2,1-3H3. The van der Waals surface area contributed by atoms with Crippen LogP contribution in [-0.2, 0) is 0 Å². The Balaban J connectivity index is 2.43. The number of aryl methyl sites for hydroxylation is 3. The van der Waals surface area contributed by atoms with Gasteiger partial charge in [-0.15, -0.1) is 0 Å². The third-order valence-electron chi connectivity index (χ3n) is 2.81. The zero-order chi connectivity index (χ0) is 9.42. The molecule has 2 rings (SSSR count). The Morgan fingerprint density at radius 2 is 1.54 bits per heavy atom. The minimum absolute atomic E-state index is 1.24. The molecule has 1 nitrogen and oxygen atoms in total. The highest BCUT2D eigenvalue weighted by atomic mass is 15.2. The van der Waals surface area contributed by atoms with Crippen molar-refractivity contribution in [3.05, 3.63) is 28.8 Å². The number of benzene rings is 1. The number of rotatable bonds is 1. The van der Waals surface area contributed by atoms with Gasteiger partial charge < -0.3 is 4.90 Å². The predicted octanol–water partition coefficient (Wildman–Crippen LogP) is 2.82. The largest absolute Gasteiger partial charge is 0.371 e. The van der Waals surface area contributed by atoms with Gasteiger partial charge in [0, 0.05) is 18.8 Å². The highest BCUT2D eigenvalue weighted by Crippen LogP contribution is 2.29. The highest BCUT2D eigenvalue weighted by molar-refractivity contribution is 5.61. The molecular weight excluding hydrogens is 158 g/mol. The summed E-state index contributed by atoms with van der Waals surface area (Å²) in [4.78, 5) is 2.48. The van der Waals surface area contributed by atoms with E-state index in [2.05, 4.69) is 37.8 Å². The molecule has 1 aliphatic heterocycles. The molecule has 1 fully saturated rings. The Morgan fingerprint density at radius 1 is 1.00 bits per heavy atom. The monoisotopic (exact) mass is 175 g/mol. The first kappa shape index (κ1) is 8.61. The predicted molar refractivity (Wildman–Crippen MR) is 57.5 cm³/mol. The van der Waals surface area contributed by atoms with Crippen LogP contribution in [0.25, 0.3) is 0 Å². The quantitative estimate of drug-likeness (QED) is 0.634. The summed E-state index contributed by atoms with van der Waals surface area (Å²) in [5.41, 5.74) is 5.70. The lowest BCUT2D eigenvalue weighted by Crippen LogP contribution is -2.38. The van der Waals surface area contributed by atoms with Crippen molar-refractivity contribution in [2.75, 3.05) is 18.0 Å². The summed E-state index contributed by atoms with van der Waals surface area (Å²) in [5.74, 6) is 0. The molecule has 0 atom stereocenters. The molecule has 1 aromatic rings. The van der Waals surface area contributed by atoms with E-state index in [1.165, 1.54) is 41.9 Å². The first-order valence-corrected chi connectivity index (χ1v) is 5.01. The van der Waals surface area contributed by atoms with Crippen LogP contribution in [0.2, 0.25) is 0 Å². The van der Waals surface area contributed by atoms with Gasteiger partial charge in [-0.2, -0.15) is 0 Å². The minimum Gasteiger partial charge on any atom is -0.371 e. The van der Waals surface area contributed by atoms with Gasteiger partial charge in [0.2, 0.25) is 0 Å². The summed E-state index contributed by atoms with van der Waals surface area (Å²) < 4.78 is 0. The average Bonchev–Trinajstić information content (AvgIpc) is 1.92. The molecule has 1 aliphatic rings. The molecular formula is C12H17N. The van der Waals surface area contributed by atoms with Crippen molar-refractivity contribution in [2.24, 2.45) is 0 Å². The maximum absolute atomic E-state index is 2.48. The smallest absolute Gasteiger partial charge is 0.0425 e. The zero-order valence-electron chi connectivity index (χ0n) is 8.72. The van der Waals surface area contributed by atoms with Gasteiger partial charge in [-0.25, -0.2) is 0 Å². The molecule has 70 valence electrons.